The number of amides is 2. The minimum atomic E-state index is -0.555. The third-order valence-electron chi connectivity index (χ3n) is 6.48. The van der Waals surface area contributed by atoms with Gasteiger partial charge in [0.25, 0.3) is 5.89 Å². The van der Waals surface area contributed by atoms with E-state index < -0.39 is 6.04 Å². The molecule has 0 fully saturated rings. The quantitative estimate of drug-likeness (QED) is 0.348. The summed E-state index contributed by atoms with van der Waals surface area (Å²) in [5, 5.41) is 7.37. The Labute approximate surface area is 215 Å². The molecule has 5 rings (SSSR count). The number of rotatable bonds is 6. The zero-order valence-electron chi connectivity index (χ0n) is 21.4. The molecule has 0 radical (unpaired) electrons. The Kier molecular flexibility index (Phi) is 6.40. The summed E-state index contributed by atoms with van der Waals surface area (Å²) in [6, 6.07) is 20.4. The van der Waals surface area contributed by atoms with E-state index in [1.165, 1.54) is 0 Å². The van der Waals surface area contributed by atoms with Gasteiger partial charge in [0.2, 0.25) is 5.82 Å². The van der Waals surface area contributed by atoms with Crippen molar-refractivity contribution >= 4 is 17.3 Å². The number of anilines is 1. The van der Waals surface area contributed by atoms with Crippen LogP contribution in [-0.2, 0) is 0 Å². The summed E-state index contributed by atoms with van der Waals surface area (Å²) in [6.07, 6.45) is 0. The molecule has 1 atom stereocenters. The van der Waals surface area contributed by atoms with Crippen molar-refractivity contribution in [3.63, 3.8) is 0 Å². The standard InChI is InChI=1S/C29H28N4O4/c1-17-6-10-20(11-7-17)27-31-28(37-32-27)25-19(3)33(22-13-8-18(2)9-14-22)29(34)30-26(25)21-12-15-23(35-4)24(16-21)36-5/h6-16,26H,1-5H3,(H,30,34). The number of benzene rings is 3. The highest BCUT2D eigenvalue weighted by atomic mass is 16.5. The summed E-state index contributed by atoms with van der Waals surface area (Å²) in [4.78, 5) is 19.8. The van der Waals surface area contributed by atoms with Crippen LogP contribution in [-0.4, -0.2) is 30.4 Å². The van der Waals surface area contributed by atoms with E-state index in [0.29, 0.717) is 34.5 Å². The number of allylic oxidation sites excluding steroid dienone is 1. The summed E-state index contributed by atoms with van der Waals surface area (Å²) in [7, 11) is 3.16. The largest absolute Gasteiger partial charge is 0.493 e. The van der Waals surface area contributed by atoms with E-state index in [1.807, 2.05) is 87.5 Å². The molecule has 2 amide bonds. The second-order valence-electron chi connectivity index (χ2n) is 8.96. The minimum Gasteiger partial charge on any atom is -0.493 e. The van der Waals surface area contributed by atoms with Crippen LogP contribution in [0.25, 0.3) is 17.0 Å². The molecular formula is C29H28N4O4. The van der Waals surface area contributed by atoms with Crippen LogP contribution in [0.2, 0.25) is 0 Å². The second kappa shape index (κ2) is 9.81. The van der Waals surface area contributed by atoms with E-state index in [4.69, 9.17) is 19.0 Å². The number of aryl methyl sites for hydroxylation is 2. The topological polar surface area (TPSA) is 89.7 Å². The van der Waals surface area contributed by atoms with Crippen molar-refractivity contribution in [1.29, 1.82) is 0 Å². The predicted molar refractivity (Wildman–Crippen MR) is 142 cm³/mol. The van der Waals surface area contributed by atoms with Gasteiger partial charge in [-0.1, -0.05) is 58.7 Å². The maximum Gasteiger partial charge on any atom is 0.326 e. The maximum atomic E-state index is 13.4. The summed E-state index contributed by atoms with van der Waals surface area (Å²) < 4.78 is 16.7. The van der Waals surface area contributed by atoms with Gasteiger partial charge in [-0.3, -0.25) is 4.90 Å². The van der Waals surface area contributed by atoms with Gasteiger partial charge in [-0.15, -0.1) is 0 Å². The lowest BCUT2D eigenvalue weighted by atomic mass is 9.94. The van der Waals surface area contributed by atoms with Crippen molar-refractivity contribution in [2.45, 2.75) is 26.8 Å². The highest BCUT2D eigenvalue weighted by Crippen LogP contribution is 2.41. The molecule has 1 unspecified atom stereocenters. The Morgan fingerprint density at radius 2 is 1.51 bits per heavy atom. The Morgan fingerprint density at radius 3 is 2.16 bits per heavy atom. The summed E-state index contributed by atoms with van der Waals surface area (Å²) in [6.45, 7) is 5.92. The van der Waals surface area contributed by atoms with E-state index >= 15 is 0 Å². The third-order valence-corrected chi connectivity index (χ3v) is 6.48. The number of nitrogens with zero attached hydrogens (tertiary/aromatic N) is 3. The van der Waals surface area contributed by atoms with Crippen molar-refractivity contribution in [3.8, 4) is 22.9 Å². The number of hydrogen-bond donors (Lipinski definition) is 1. The summed E-state index contributed by atoms with van der Waals surface area (Å²) in [5.41, 5.74) is 6.00. The molecule has 37 heavy (non-hydrogen) atoms. The Morgan fingerprint density at radius 1 is 0.865 bits per heavy atom. The number of hydrogen-bond acceptors (Lipinski definition) is 6. The summed E-state index contributed by atoms with van der Waals surface area (Å²) in [5.74, 6) is 1.94. The fourth-order valence-electron chi connectivity index (χ4n) is 4.46. The van der Waals surface area contributed by atoms with Gasteiger partial charge in [0.05, 0.1) is 31.5 Å². The lowest BCUT2D eigenvalue weighted by Crippen LogP contribution is -2.46. The molecule has 1 N–H and O–H groups in total. The molecule has 0 aliphatic carbocycles. The molecule has 0 saturated carbocycles. The predicted octanol–water partition coefficient (Wildman–Crippen LogP) is 6.07. The zero-order valence-corrected chi connectivity index (χ0v) is 21.4. The van der Waals surface area contributed by atoms with Crippen LogP contribution in [0, 0.1) is 13.8 Å². The number of methoxy groups -OCH3 is 2. The maximum absolute atomic E-state index is 13.4. The van der Waals surface area contributed by atoms with E-state index in [0.717, 1.165) is 27.9 Å². The summed E-state index contributed by atoms with van der Waals surface area (Å²) >= 11 is 0. The van der Waals surface area contributed by atoms with Crippen LogP contribution >= 0.6 is 0 Å². The molecule has 3 aromatic carbocycles. The molecule has 4 aromatic rings. The molecule has 2 heterocycles. The molecule has 8 nitrogen and oxygen atoms in total. The van der Waals surface area contributed by atoms with Crippen molar-refractivity contribution < 1.29 is 18.8 Å². The van der Waals surface area contributed by atoms with Gasteiger partial charge >= 0.3 is 6.03 Å². The highest BCUT2D eigenvalue weighted by Gasteiger charge is 2.37. The van der Waals surface area contributed by atoms with Crippen LogP contribution in [0.1, 0.15) is 35.5 Å². The monoisotopic (exact) mass is 496 g/mol. The van der Waals surface area contributed by atoms with Crippen LogP contribution in [0.15, 0.2) is 77.0 Å². The zero-order chi connectivity index (χ0) is 26.1. The Balaban J connectivity index is 1.66. The van der Waals surface area contributed by atoms with Crippen LogP contribution in [0.5, 0.6) is 11.5 Å². The number of carbonyl (C=O) groups is 1. The molecule has 188 valence electrons. The molecule has 1 aliphatic rings. The van der Waals surface area contributed by atoms with Gasteiger partial charge in [0, 0.05) is 11.3 Å². The van der Waals surface area contributed by atoms with E-state index in [2.05, 4.69) is 10.5 Å². The van der Waals surface area contributed by atoms with Crippen LogP contribution in [0.4, 0.5) is 10.5 Å². The lowest BCUT2D eigenvalue weighted by molar-refractivity contribution is 0.244. The van der Waals surface area contributed by atoms with Crippen molar-refractivity contribution in [3.05, 3.63) is 95.0 Å². The first kappa shape index (κ1) is 24.1. The normalized spacial score (nSPS) is 15.5. The van der Waals surface area contributed by atoms with Gasteiger partial charge < -0.3 is 19.3 Å². The Bertz CT molecular complexity index is 1470. The minimum absolute atomic E-state index is 0.261. The van der Waals surface area contributed by atoms with Gasteiger partial charge in [-0.2, -0.15) is 4.98 Å². The van der Waals surface area contributed by atoms with Crippen molar-refractivity contribution in [2.75, 3.05) is 19.1 Å². The number of nitrogens with one attached hydrogen (secondary N) is 1. The second-order valence-corrected chi connectivity index (χ2v) is 8.96. The smallest absolute Gasteiger partial charge is 0.326 e. The number of aromatic nitrogens is 2. The first-order valence-electron chi connectivity index (χ1n) is 11.9. The van der Waals surface area contributed by atoms with Crippen molar-refractivity contribution in [1.82, 2.24) is 15.5 Å². The molecule has 0 bridgehead atoms. The lowest BCUT2D eigenvalue weighted by Gasteiger charge is -2.35. The van der Waals surface area contributed by atoms with Crippen LogP contribution < -0.4 is 19.7 Å². The average molecular weight is 497 g/mol. The molecule has 0 spiro atoms. The first-order chi connectivity index (χ1) is 17.9. The molecular weight excluding hydrogens is 468 g/mol. The van der Waals surface area contributed by atoms with E-state index in [-0.39, 0.29) is 6.03 Å². The van der Waals surface area contributed by atoms with Crippen LogP contribution in [0.3, 0.4) is 0 Å². The third kappa shape index (κ3) is 4.53. The van der Waals surface area contributed by atoms with Gasteiger partial charge in [0.1, 0.15) is 0 Å². The van der Waals surface area contributed by atoms with Crippen molar-refractivity contribution in [2.24, 2.45) is 0 Å². The van der Waals surface area contributed by atoms with E-state index in [1.54, 1.807) is 19.1 Å². The molecule has 8 heteroatoms. The molecule has 1 aliphatic heterocycles. The van der Waals surface area contributed by atoms with Gasteiger partial charge in [-0.05, 0) is 50.6 Å². The molecule has 0 saturated heterocycles. The Hall–Kier alpha value is -4.59. The van der Waals surface area contributed by atoms with Gasteiger partial charge in [-0.25, -0.2) is 4.79 Å². The van der Waals surface area contributed by atoms with Gasteiger partial charge in [0.15, 0.2) is 11.5 Å². The SMILES string of the molecule is COc1ccc(C2NC(=O)N(c3ccc(C)cc3)C(C)=C2c2nc(-c3ccc(C)cc3)no2)cc1OC. The number of carbonyl (C=O) groups excluding carboxylic acids is 1. The van der Waals surface area contributed by atoms with E-state index in [9.17, 15) is 4.79 Å². The fraction of sp³-hybridized carbons (Fsp3) is 0.207. The fourth-order valence-corrected chi connectivity index (χ4v) is 4.46. The average Bonchev–Trinajstić information content (AvgIpc) is 3.39. The number of urea groups is 1. The number of ether oxygens (including phenoxy) is 2. The highest BCUT2D eigenvalue weighted by molar-refractivity contribution is 6.01. The molecule has 1 aromatic heterocycles. The first-order valence-corrected chi connectivity index (χ1v) is 11.9.